The monoisotopic (exact) mass is 427 g/mol. The Morgan fingerprint density at radius 2 is 1.84 bits per heavy atom. The summed E-state index contributed by atoms with van der Waals surface area (Å²) in [6.07, 6.45) is 7.48. The van der Waals surface area contributed by atoms with Gasteiger partial charge in [-0.25, -0.2) is 0 Å². The van der Waals surface area contributed by atoms with E-state index in [1.807, 2.05) is 29.2 Å². The van der Waals surface area contributed by atoms with Crippen LogP contribution in [0, 0.1) is 5.92 Å². The van der Waals surface area contributed by atoms with Crippen LogP contribution in [-0.2, 0) is 11.3 Å². The molecule has 1 aromatic rings. The number of benzene rings is 1. The number of aliphatic imine (C=N–C) groups is 1. The van der Waals surface area contributed by atoms with E-state index in [2.05, 4.69) is 27.9 Å². The van der Waals surface area contributed by atoms with Gasteiger partial charge in [-0.15, -0.1) is 0 Å². The number of amides is 2. The number of guanidine groups is 1. The molecule has 170 valence electrons. The minimum Gasteiger partial charge on any atom is -0.352 e. The van der Waals surface area contributed by atoms with Crippen molar-refractivity contribution in [2.45, 2.75) is 64.5 Å². The number of nitrogens with zero attached hydrogens (tertiary/aromatic N) is 2. The van der Waals surface area contributed by atoms with Crippen LogP contribution in [0.3, 0.4) is 0 Å². The maximum Gasteiger partial charge on any atom is 0.251 e. The van der Waals surface area contributed by atoms with E-state index in [0.29, 0.717) is 24.6 Å². The predicted molar refractivity (Wildman–Crippen MR) is 124 cm³/mol. The molecule has 2 fully saturated rings. The van der Waals surface area contributed by atoms with Crippen molar-refractivity contribution >= 4 is 17.8 Å². The van der Waals surface area contributed by atoms with Gasteiger partial charge in [-0.1, -0.05) is 38.3 Å². The van der Waals surface area contributed by atoms with Gasteiger partial charge in [-0.05, 0) is 43.4 Å². The van der Waals surface area contributed by atoms with E-state index < -0.39 is 0 Å². The fourth-order valence-electron chi connectivity index (χ4n) is 4.34. The summed E-state index contributed by atoms with van der Waals surface area (Å²) in [5.41, 5.74) is 1.76. The molecular formula is C24H37N5O2. The molecule has 0 bridgehead atoms. The first-order chi connectivity index (χ1) is 15.1. The van der Waals surface area contributed by atoms with Crippen molar-refractivity contribution in [1.29, 1.82) is 0 Å². The Labute approximate surface area is 186 Å². The molecule has 1 heterocycles. The fraction of sp³-hybridized carbons (Fsp3) is 0.625. The van der Waals surface area contributed by atoms with Gasteiger partial charge in [0.2, 0.25) is 5.91 Å². The second-order valence-electron chi connectivity index (χ2n) is 8.63. The normalized spacial score (nSPS) is 19.5. The Hall–Kier alpha value is -2.57. The van der Waals surface area contributed by atoms with Crippen molar-refractivity contribution in [2.75, 3.05) is 26.7 Å². The number of nitrogens with one attached hydrogen (secondary N) is 3. The van der Waals surface area contributed by atoms with Crippen LogP contribution in [0.25, 0.3) is 0 Å². The first-order valence-corrected chi connectivity index (χ1v) is 11.7. The lowest BCUT2D eigenvalue weighted by Gasteiger charge is -2.21. The van der Waals surface area contributed by atoms with Crippen molar-refractivity contribution in [3.05, 3.63) is 35.4 Å². The lowest BCUT2D eigenvalue weighted by atomic mass is 10.1. The van der Waals surface area contributed by atoms with Crippen LogP contribution in [0.2, 0.25) is 0 Å². The number of unbranched alkanes of at least 4 members (excludes halogenated alkanes) is 1. The lowest BCUT2D eigenvalue weighted by molar-refractivity contribution is -0.134. The average Bonchev–Trinajstić information content (AvgIpc) is 3.49. The summed E-state index contributed by atoms with van der Waals surface area (Å²) in [6, 6.07) is 7.88. The molecule has 0 spiro atoms. The number of hydrogen-bond acceptors (Lipinski definition) is 3. The molecule has 7 nitrogen and oxygen atoms in total. The number of likely N-dealkylation sites (tertiary alicyclic amines) is 1. The largest absolute Gasteiger partial charge is 0.352 e. The van der Waals surface area contributed by atoms with Gasteiger partial charge in [0, 0.05) is 50.7 Å². The Morgan fingerprint density at radius 3 is 2.52 bits per heavy atom. The fourth-order valence-corrected chi connectivity index (χ4v) is 4.34. The summed E-state index contributed by atoms with van der Waals surface area (Å²) in [6.45, 7) is 5.01. The molecule has 1 unspecified atom stereocenters. The van der Waals surface area contributed by atoms with Crippen LogP contribution >= 0.6 is 0 Å². The Morgan fingerprint density at radius 1 is 1.10 bits per heavy atom. The number of carbonyl (C=O) groups excluding carboxylic acids is 2. The van der Waals surface area contributed by atoms with Gasteiger partial charge in [0.1, 0.15) is 0 Å². The third-order valence-corrected chi connectivity index (χ3v) is 6.26. The standard InChI is InChI=1S/C24H37N5O2/c1-3-4-14-26-22(30)19-11-9-18(10-12-19)16-27-24(25-2)28-21-13-15-29(17-21)23(31)20-7-5-6-8-20/h9-12,20-21H,3-8,13-17H2,1-2H3,(H,26,30)(H2,25,27,28). The minimum absolute atomic E-state index is 0.0247. The van der Waals surface area contributed by atoms with Crippen LogP contribution in [0.4, 0.5) is 0 Å². The van der Waals surface area contributed by atoms with E-state index >= 15 is 0 Å². The van der Waals surface area contributed by atoms with E-state index in [0.717, 1.165) is 56.7 Å². The van der Waals surface area contributed by atoms with E-state index in [9.17, 15) is 9.59 Å². The summed E-state index contributed by atoms with van der Waals surface area (Å²) in [7, 11) is 1.76. The maximum absolute atomic E-state index is 12.6. The van der Waals surface area contributed by atoms with Crippen molar-refractivity contribution in [3.63, 3.8) is 0 Å². The first kappa shape index (κ1) is 23.1. The molecule has 2 aliphatic rings. The molecular weight excluding hydrogens is 390 g/mol. The molecule has 0 aromatic heterocycles. The Bertz CT molecular complexity index is 756. The summed E-state index contributed by atoms with van der Waals surface area (Å²) >= 11 is 0. The molecule has 2 amide bonds. The predicted octanol–water partition coefficient (Wildman–Crippen LogP) is 2.67. The zero-order valence-electron chi connectivity index (χ0n) is 19.0. The Kier molecular flexibility index (Phi) is 8.74. The zero-order valence-corrected chi connectivity index (χ0v) is 19.0. The molecule has 1 aliphatic carbocycles. The van der Waals surface area contributed by atoms with E-state index in [-0.39, 0.29) is 17.9 Å². The van der Waals surface area contributed by atoms with Gasteiger partial charge in [0.15, 0.2) is 5.96 Å². The van der Waals surface area contributed by atoms with Crippen LogP contribution in [0.15, 0.2) is 29.3 Å². The molecule has 7 heteroatoms. The van der Waals surface area contributed by atoms with Crippen LogP contribution in [0.1, 0.15) is 67.8 Å². The molecule has 31 heavy (non-hydrogen) atoms. The van der Waals surface area contributed by atoms with Crippen LogP contribution in [0.5, 0.6) is 0 Å². The highest BCUT2D eigenvalue weighted by molar-refractivity contribution is 5.94. The first-order valence-electron chi connectivity index (χ1n) is 11.7. The third kappa shape index (κ3) is 6.71. The van der Waals surface area contributed by atoms with Gasteiger partial charge in [-0.3, -0.25) is 14.6 Å². The van der Waals surface area contributed by atoms with Gasteiger partial charge < -0.3 is 20.9 Å². The molecule has 1 aromatic carbocycles. The van der Waals surface area contributed by atoms with Crippen molar-refractivity contribution < 1.29 is 9.59 Å². The molecule has 1 saturated carbocycles. The topological polar surface area (TPSA) is 85.8 Å². The molecule has 1 atom stereocenters. The van der Waals surface area contributed by atoms with E-state index in [1.54, 1.807) is 7.05 Å². The summed E-state index contributed by atoms with van der Waals surface area (Å²) < 4.78 is 0. The molecule has 3 N–H and O–H groups in total. The average molecular weight is 428 g/mol. The smallest absolute Gasteiger partial charge is 0.251 e. The van der Waals surface area contributed by atoms with Gasteiger partial charge in [0.25, 0.3) is 5.91 Å². The quantitative estimate of drug-likeness (QED) is 0.338. The highest BCUT2D eigenvalue weighted by atomic mass is 16.2. The van der Waals surface area contributed by atoms with Gasteiger partial charge in [-0.2, -0.15) is 0 Å². The highest BCUT2D eigenvalue weighted by Crippen LogP contribution is 2.27. The SMILES string of the molecule is CCCCNC(=O)c1ccc(CNC(=NC)NC2CCN(C(=O)C3CCCC3)C2)cc1. The van der Waals surface area contributed by atoms with Crippen LogP contribution in [-0.4, -0.2) is 55.4 Å². The number of rotatable bonds is 8. The summed E-state index contributed by atoms with van der Waals surface area (Å²) in [5, 5.41) is 9.72. The van der Waals surface area contributed by atoms with Gasteiger partial charge in [0.05, 0.1) is 0 Å². The van der Waals surface area contributed by atoms with Crippen molar-refractivity contribution in [2.24, 2.45) is 10.9 Å². The summed E-state index contributed by atoms with van der Waals surface area (Å²) in [5.74, 6) is 1.29. The van der Waals surface area contributed by atoms with E-state index in [4.69, 9.17) is 0 Å². The molecule has 3 rings (SSSR count). The van der Waals surface area contributed by atoms with Gasteiger partial charge >= 0.3 is 0 Å². The van der Waals surface area contributed by atoms with E-state index in [1.165, 1.54) is 12.8 Å². The number of hydrogen-bond donors (Lipinski definition) is 3. The lowest BCUT2D eigenvalue weighted by Crippen LogP contribution is -2.45. The van der Waals surface area contributed by atoms with Crippen molar-refractivity contribution in [1.82, 2.24) is 20.9 Å². The number of carbonyl (C=O) groups is 2. The zero-order chi connectivity index (χ0) is 22.1. The van der Waals surface area contributed by atoms with Crippen molar-refractivity contribution in [3.8, 4) is 0 Å². The Balaban J connectivity index is 1.42. The molecule has 1 saturated heterocycles. The summed E-state index contributed by atoms with van der Waals surface area (Å²) in [4.78, 5) is 31.1. The third-order valence-electron chi connectivity index (χ3n) is 6.26. The molecule has 0 radical (unpaired) electrons. The molecule has 1 aliphatic heterocycles. The second-order valence-corrected chi connectivity index (χ2v) is 8.63. The second kappa shape index (κ2) is 11.7. The van der Waals surface area contributed by atoms with Crippen LogP contribution < -0.4 is 16.0 Å². The maximum atomic E-state index is 12.6. The highest BCUT2D eigenvalue weighted by Gasteiger charge is 2.32. The minimum atomic E-state index is -0.0247.